The monoisotopic (exact) mass is 376 g/mol. The lowest BCUT2D eigenvalue weighted by atomic mass is 10.2. The molecule has 1 saturated heterocycles. The van der Waals surface area contributed by atoms with Crippen LogP contribution >= 0.6 is 0 Å². The van der Waals surface area contributed by atoms with Gasteiger partial charge in [-0.1, -0.05) is 30.3 Å². The first-order chi connectivity index (χ1) is 13.7. The molecule has 0 radical (unpaired) electrons. The fraction of sp³-hybridized carbons (Fsp3) is 0.182. The molecule has 1 N–H and O–H groups in total. The molecule has 0 atom stereocenters. The Bertz CT molecular complexity index is 938. The Labute approximate surface area is 163 Å². The van der Waals surface area contributed by atoms with E-state index in [0.29, 0.717) is 30.2 Å². The van der Waals surface area contributed by atoms with Gasteiger partial charge in [0.05, 0.1) is 17.6 Å². The molecule has 2 heterocycles. The first kappa shape index (κ1) is 18.0. The molecule has 5 nitrogen and oxygen atoms in total. The number of carbonyl (C=O) groups excluding carboxylic acids is 1. The smallest absolute Gasteiger partial charge is 0.272 e. The van der Waals surface area contributed by atoms with Gasteiger partial charge in [-0.15, -0.1) is 0 Å². The number of hydrogen-bond acceptors (Lipinski definition) is 4. The summed E-state index contributed by atoms with van der Waals surface area (Å²) in [5.74, 6) is -0.413. The number of rotatable bonds is 4. The largest absolute Gasteiger partial charge is 0.368 e. The minimum atomic E-state index is -0.334. The molecule has 1 aliphatic heterocycles. The second-order valence-electron chi connectivity index (χ2n) is 6.65. The average Bonchev–Trinajstić information content (AvgIpc) is 2.76. The molecule has 2 aromatic carbocycles. The molecule has 1 aromatic heterocycles. The first-order valence-electron chi connectivity index (χ1n) is 9.27. The van der Waals surface area contributed by atoms with Gasteiger partial charge in [-0.05, 0) is 36.4 Å². The van der Waals surface area contributed by atoms with E-state index in [4.69, 9.17) is 0 Å². The van der Waals surface area contributed by atoms with Gasteiger partial charge in [-0.2, -0.15) is 0 Å². The van der Waals surface area contributed by atoms with Crippen molar-refractivity contribution in [3.63, 3.8) is 0 Å². The lowest BCUT2D eigenvalue weighted by molar-refractivity contribution is 0.0741. The summed E-state index contributed by atoms with van der Waals surface area (Å²) in [5.41, 5.74) is 2.58. The van der Waals surface area contributed by atoms with E-state index in [2.05, 4.69) is 27.3 Å². The van der Waals surface area contributed by atoms with Crippen molar-refractivity contribution in [2.45, 2.75) is 0 Å². The lowest BCUT2D eigenvalue weighted by Gasteiger charge is -2.36. The molecule has 142 valence electrons. The van der Waals surface area contributed by atoms with Gasteiger partial charge in [0, 0.05) is 31.9 Å². The van der Waals surface area contributed by atoms with Crippen LogP contribution in [0.1, 0.15) is 10.5 Å². The summed E-state index contributed by atoms with van der Waals surface area (Å²) in [5, 5.41) is 2.97. The zero-order chi connectivity index (χ0) is 19.3. The quantitative estimate of drug-likeness (QED) is 0.750. The van der Waals surface area contributed by atoms with Crippen LogP contribution in [-0.2, 0) is 0 Å². The standard InChI is InChI=1S/C22H21FN4O/c23-19-8-4-5-9-20(19)25-17-10-11-21(24-16-17)22(28)27-14-12-26(13-15-27)18-6-2-1-3-7-18/h1-11,16,25H,12-15H2. The van der Waals surface area contributed by atoms with Crippen molar-refractivity contribution in [3.05, 3.63) is 84.4 Å². The number of hydrogen-bond donors (Lipinski definition) is 1. The number of amides is 1. The number of pyridine rings is 1. The molecular formula is C22H21FN4O. The molecule has 1 aliphatic rings. The predicted molar refractivity (Wildman–Crippen MR) is 108 cm³/mol. The summed E-state index contributed by atoms with van der Waals surface area (Å²) in [6, 6.07) is 20.1. The van der Waals surface area contributed by atoms with Crippen molar-refractivity contribution in [2.24, 2.45) is 0 Å². The summed E-state index contributed by atoms with van der Waals surface area (Å²) in [6.45, 7) is 2.90. The fourth-order valence-corrected chi connectivity index (χ4v) is 3.28. The summed E-state index contributed by atoms with van der Waals surface area (Å²) < 4.78 is 13.7. The number of nitrogens with one attached hydrogen (secondary N) is 1. The number of aromatic nitrogens is 1. The van der Waals surface area contributed by atoms with Gasteiger partial charge in [0.1, 0.15) is 11.5 Å². The molecule has 4 rings (SSSR count). The second-order valence-corrected chi connectivity index (χ2v) is 6.65. The number of halogens is 1. The highest BCUT2D eigenvalue weighted by atomic mass is 19.1. The predicted octanol–water partition coefficient (Wildman–Crippen LogP) is 3.93. The highest BCUT2D eigenvalue weighted by molar-refractivity contribution is 5.92. The summed E-state index contributed by atoms with van der Waals surface area (Å²) in [4.78, 5) is 21.1. The molecule has 0 saturated carbocycles. The van der Waals surface area contributed by atoms with Crippen LogP contribution < -0.4 is 10.2 Å². The SMILES string of the molecule is O=C(c1ccc(Nc2ccccc2F)cn1)N1CCN(c2ccccc2)CC1. The molecule has 6 heteroatoms. The number of nitrogens with zero attached hydrogens (tertiary/aromatic N) is 3. The van der Waals surface area contributed by atoms with Gasteiger partial charge in [-0.25, -0.2) is 9.37 Å². The summed E-state index contributed by atoms with van der Waals surface area (Å²) in [7, 11) is 0. The van der Waals surface area contributed by atoms with Gasteiger partial charge < -0.3 is 15.1 Å². The minimum Gasteiger partial charge on any atom is -0.368 e. The van der Waals surface area contributed by atoms with Crippen LogP contribution in [0, 0.1) is 5.82 Å². The first-order valence-corrected chi connectivity index (χ1v) is 9.27. The Kier molecular flexibility index (Phi) is 5.19. The molecule has 28 heavy (non-hydrogen) atoms. The van der Waals surface area contributed by atoms with Crippen LogP contribution in [0.5, 0.6) is 0 Å². The van der Waals surface area contributed by atoms with Gasteiger partial charge in [0.2, 0.25) is 0 Å². The fourth-order valence-electron chi connectivity index (χ4n) is 3.28. The Balaban J connectivity index is 1.37. The summed E-state index contributed by atoms with van der Waals surface area (Å²) >= 11 is 0. The van der Waals surface area contributed by atoms with Crippen LogP contribution in [0.2, 0.25) is 0 Å². The van der Waals surface area contributed by atoms with Gasteiger partial charge in [0.25, 0.3) is 5.91 Å². The number of para-hydroxylation sites is 2. The van der Waals surface area contributed by atoms with Crippen LogP contribution in [0.3, 0.4) is 0 Å². The zero-order valence-corrected chi connectivity index (χ0v) is 15.4. The Hall–Kier alpha value is -3.41. The van der Waals surface area contributed by atoms with Crippen molar-refractivity contribution in [3.8, 4) is 0 Å². The third-order valence-corrected chi connectivity index (χ3v) is 4.82. The second kappa shape index (κ2) is 8.08. The minimum absolute atomic E-state index is 0.0786. The Morgan fingerprint density at radius 1 is 0.893 bits per heavy atom. The molecule has 1 fully saturated rings. The average molecular weight is 376 g/mol. The third kappa shape index (κ3) is 3.96. The van der Waals surface area contributed by atoms with Crippen molar-refractivity contribution in [2.75, 3.05) is 36.4 Å². The lowest BCUT2D eigenvalue weighted by Crippen LogP contribution is -2.49. The number of carbonyl (C=O) groups is 1. The van der Waals surface area contributed by atoms with Gasteiger partial charge in [-0.3, -0.25) is 4.79 Å². The van der Waals surface area contributed by atoms with E-state index in [9.17, 15) is 9.18 Å². The highest BCUT2D eigenvalue weighted by Gasteiger charge is 2.23. The van der Waals surface area contributed by atoms with Crippen molar-refractivity contribution >= 4 is 23.0 Å². The van der Waals surface area contributed by atoms with E-state index < -0.39 is 0 Å². The maximum absolute atomic E-state index is 13.7. The maximum Gasteiger partial charge on any atom is 0.272 e. The van der Waals surface area contributed by atoms with Crippen molar-refractivity contribution in [1.82, 2.24) is 9.88 Å². The molecule has 1 amide bonds. The number of piperazine rings is 1. The van der Waals surface area contributed by atoms with Crippen molar-refractivity contribution in [1.29, 1.82) is 0 Å². The van der Waals surface area contributed by atoms with E-state index in [-0.39, 0.29) is 11.7 Å². The van der Waals surface area contributed by atoms with Gasteiger partial charge >= 0.3 is 0 Å². The van der Waals surface area contributed by atoms with Crippen LogP contribution in [-0.4, -0.2) is 42.0 Å². The van der Waals surface area contributed by atoms with Crippen LogP contribution in [0.25, 0.3) is 0 Å². The number of benzene rings is 2. The maximum atomic E-state index is 13.7. The molecule has 0 aliphatic carbocycles. The normalized spacial score (nSPS) is 14.0. The Morgan fingerprint density at radius 3 is 2.29 bits per heavy atom. The Morgan fingerprint density at radius 2 is 1.61 bits per heavy atom. The molecule has 0 bridgehead atoms. The van der Waals surface area contributed by atoms with Crippen molar-refractivity contribution < 1.29 is 9.18 Å². The molecule has 3 aromatic rings. The highest BCUT2D eigenvalue weighted by Crippen LogP contribution is 2.20. The van der Waals surface area contributed by atoms with E-state index in [1.807, 2.05) is 23.1 Å². The molecule has 0 spiro atoms. The van der Waals surface area contributed by atoms with Gasteiger partial charge in [0.15, 0.2) is 0 Å². The summed E-state index contributed by atoms with van der Waals surface area (Å²) in [6.07, 6.45) is 1.56. The zero-order valence-electron chi connectivity index (χ0n) is 15.4. The van der Waals surface area contributed by atoms with Crippen LogP contribution in [0.4, 0.5) is 21.5 Å². The van der Waals surface area contributed by atoms with Crippen LogP contribution in [0.15, 0.2) is 72.9 Å². The van der Waals surface area contributed by atoms with E-state index in [1.165, 1.54) is 11.8 Å². The molecular weight excluding hydrogens is 355 g/mol. The van der Waals surface area contributed by atoms with E-state index in [0.717, 1.165) is 13.1 Å². The number of anilines is 3. The van der Waals surface area contributed by atoms with E-state index >= 15 is 0 Å². The topological polar surface area (TPSA) is 48.5 Å². The molecule has 0 unspecified atom stereocenters. The van der Waals surface area contributed by atoms with E-state index in [1.54, 1.807) is 36.5 Å². The third-order valence-electron chi connectivity index (χ3n) is 4.82.